The summed E-state index contributed by atoms with van der Waals surface area (Å²) < 4.78 is 7.69. The fourth-order valence-electron chi connectivity index (χ4n) is 4.45. The van der Waals surface area contributed by atoms with Gasteiger partial charge in [-0.05, 0) is 60.7 Å². The van der Waals surface area contributed by atoms with Gasteiger partial charge in [-0.15, -0.1) is 0 Å². The van der Waals surface area contributed by atoms with E-state index in [0.717, 1.165) is 22.9 Å². The molecule has 0 spiro atoms. The molecule has 182 valence electrons. The molecule has 0 unspecified atom stereocenters. The number of thiocarbonyl (C=S) groups is 1. The molecular formula is C27H26N6O2S. The van der Waals surface area contributed by atoms with E-state index in [-0.39, 0.29) is 18.0 Å². The van der Waals surface area contributed by atoms with E-state index in [9.17, 15) is 4.79 Å². The zero-order valence-corrected chi connectivity index (χ0v) is 20.8. The number of carbonyl (C=O) groups is 1. The molecule has 0 aliphatic carbocycles. The number of hydrogen-bond donors (Lipinski definition) is 2. The van der Waals surface area contributed by atoms with Gasteiger partial charge >= 0.3 is 0 Å². The van der Waals surface area contributed by atoms with E-state index in [1.54, 1.807) is 19.5 Å². The van der Waals surface area contributed by atoms with Crippen LogP contribution in [0, 0.1) is 0 Å². The summed E-state index contributed by atoms with van der Waals surface area (Å²) >= 11 is 5.86. The summed E-state index contributed by atoms with van der Waals surface area (Å²) in [5, 5.41) is 6.94. The first-order valence-corrected chi connectivity index (χ1v) is 12.1. The second-order valence-electron chi connectivity index (χ2n) is 8.27. The van der Waals surface area contributed by atoms with Gasteiger partial charge in [0.2, 0.25) is 5.91 Å². The first kappa shape index (κ1) is 23.5. The standard InChI is InChI=1S/C27H26N6O2S/c1-3-24(34)30-19-13-12-18(17-22(19)35-2)33-26(25(31-27(33)36)20-9-4-6-14-28-20)21-10-8-16-32(21)23-11-5-7-15-29-23/h4-17,25-26H,3H2,1-2H3,(H,30,34)(H,31,36)/t25-,26-/m0/s1. The van der Waals surface area contributed by atoms with Crippen molar-refractivity contribution in [2.75, 3.05) is 17.3 Å². The van der Waals surface area contributed by atoms with Crippen LogP contribution < -0.4 is 20.3 Å². The van der Waals surface area contributed by atoms with E-state index < -0.39 is 0 Å². The molecule has 1 amide bonds. The van der Waals surface area contributed by atoms with E-state index in [1.807, 2.05) is 73.8 Å². The number of nitrogens with zero attached hydrogens (tertiary/aromatic N) is 4. The van der Waals surface area contributed by atoms with Gasteiger partial charge in [-0.2, -0.15) is 0 Å². The lowest BCUT2D eigenvalue weighted by atomic mass is 10.0. The molecule has 1 aromatic carbocycles. The number of benzene rings is 1. The normalized spacial score (nSPS) is 17.1. The summed E-state index contributed by atoms with van der Waals surface area (Å²) in [6.45, 7) is 1.81. The van der Waals surface area contributed by atoms with Crippen LogP contribution in [0.3, 0.4) is 0 Å². The SMILES string of the molecule is CCC(=O)Nc1ccc(N2C(=S)N[C@@H](c3ccccn3)[C@@H]2c2cccn2-c2ccccn2)cc1OC. The monoisotopic (exact) mass is 498 g/mol. The molecular weight excluding hydrogens is 472 g/mol. The Morgan fingerprint density at radius 1 is 1.08 bits per heavy atom. The third-order valence-electron chi connectivity index (χ3n) is 6.14. The maximum atomic E-state index is 12.0. The van der Waals surface area contributed by atoms with E-state index in [0.29, 0.717) is 23.0 Å². The number of rotatable bonds is 7. The second-order valence-corrected chi connectivity index (χ2v) is 8.66. The molecule has 2 atom stereocenters. The smallest absolute Gasteiger partial charge is 0.224 e. The van der Waals surface area contributed by atoms with Gasteiger partial charge < -0.3 is 24.8 Å². The average Bonchev–Trinajstić information content (AvgIpc) is 3.54. The lowest BCUT2D eigenvalue weighted by molar-refractivity contribution is -0.115. The molecule has 1 aliphatic rings. The summed E-state index contributed by atoms with van der Waals surface area (Å²) in [6.07, 6.45) is 5.94. The Hall–Kier alpha value is -4.24. The molecule has 3 aromatic heterocycles. The van der Waals surface area contributed by atoms with Crippen molar-refractivity contribution in [2.24, 2.45) is 0 Å². The van der Waals surface area contributed by atoms with Gasteiger partial charge in [0, 0.05) is 42.5 Å². The minimum Gasteiger partial charge on any atom is -0.494 e. The molecule has 0 bridgehead atoms. The number of aromatic nitrogens is 3. The van der Waals surface area contributed by atoms with Crippen molar-refractivity contribution in [2.45, 2.75) is 25.4 Å². The topological polar surface area (TPSA) is 84.3 Å². The van der Waals surface area contributed by atoms with Crippen LogP contribution in [0.2, 0.25) is 0 Å². The minimum atomic E-state index is -0.231. The van der Waals surface area contributed by atoms with Crippen molar-refractivity contribution in [3.63, 3.8) is 0 Å². The van der Waals surface area contributed by atoms with Crippen molar-refractivity contribution >= 4 is 34.6 Å². The summed E-state index contributed by atoms with van der Waals surface area (Å²) in [4.78, 5) is 23.3. The van der Waals surface area contributed by atoms with Crippen molar-refractivity contribution in [3.8, 4) is 11.6 Å². The van der Waals surface area contributed by atoms with E-state index >= 15 is 0 Å². The second kappa shape index (κ2) is 10.2. The molecule has 2 N–H and O–H groups in total. The van der Waals surface area contributed by atoms with Crippen LogP contribution in [0.15, 0.2) is 85.3 Å². The molecule has 1 fully saturated rings. The predicted octanol–water partition coefficient (Wildman–Crippen LogP) is 4.80. The maximum Gasteiger partial charge on any atom is 0.224 e. The molecule has 1 saturated heterocycles. The van der Waals surface area contributed by atoms with Gasteiger partial charge in [0.25, 0.3) is 0 Å². The van der Waals surface area contributed by atoms with Crippen LogP contribution in [0.5, 0.6) is 5.75 Å². The number of hydrogen-bond acceptors (Lipinski definition) is 5. The van der Waals surface area contributed by atoms with E-state index in [1.165, 1.54) is 0 Å². The van der Waals surface area contributed by atoms with Crippen LogP contribution in [0.1, 0.15) is 36.8 Å². The van der Waals surface area contributed by atoms with Crippen LogP contribution in [-0.4, -0.2) is 32.7 Å². The fourth-order valence-corrected chi connectivity index (χ4v) is 4.79. The average molecular weight is 499 g/mol. The summed E-state index contributed by atoms with van der Waals surface area (Å²) in [5.74, 6) is 1.28. The number of pyridine rings is 2. The van der Waals surface area contributed by atoms with Crippen molar-refractivity contribution in [1.29, 1.82) is 0 Å². The van der Waals surface area contributed by atoms with E-state index in [2.05, 4.69) is 36.1 Å². The lowest BCUT2D eigenvalue weighted by Crippen LogP contribution is -2.30. The summed E-state index contributed by atoms with van der Waals surface area (Å²) in [7, 11) is 1.58. The molecule has 4 heterocycles. The number of nitrogens with one attached hydrogen (secondary N) is 2. The number of carbonyl (C=O) groups excluding carboxylic acids is 1. The number of amides is 1. The number of ether oxygens (including phenoxy) is 1. The predicted molar refractivity (Wildman–Crippen MR) is 143 cm³/mol. The highest BCUT2D eigenvalue weighted by molar-refractivity contribution is 7.80. The van der Waals surface area contributed by atoms with Gasteiger partial charge in [-0.1, -0.05) is 19.1 Å². The third kappa shape index (κ3) is 4.40. The van der Waals surface area contributed by atoms with Gasteiger partial charge in [-0.3, -0.25) is 9.78 Å². The highest BCUT2D eigenvalue weighted by Crippen LogP contribution is 2.43. The minimum absolute atomic E-state index is 0.0827. The largest absolute Gasteiger partial charge is 0.494 e. The van der Waals surface area contributed by atoms with Crippen molar-refractivity contribution < 1.29 is 9.53 Å². The van der Waals surface area contributed by atoms with E-state index in [4.69, 9.17) is 17.0 Å². The van der Waals surface area contributed by atoms with Crippen LogP contribution in [-0.2, 0) is 4.79 Å². The number of methoxy groups -OCH3 is 1. The van der Waals surface area contributed by atoms with Crippen molar-refractivity contribution in [1.82, 2.24) is 19.9 Å². The van der Waals surface area contributed by atoms with Gasteiger partial charge in [0.1, 0.15) is 17.6 Å². The fraction of sp³-hybridized carbons (Fsp3) is 0.185. The Morgan fingerprint density at radius 3 is 2.58 bits per heavy atom. The Balaban J connectivity index is 1.62. The quantitative estimate of drug-likeness (QED) is 0.354. The Bertz CT molecular complexity index is 1380. The first-order valence-electron chi connectivity index (χ1n) is 11.7. The number of anilines is 2. The summed E-state index contributed by atoms with van der Waals surface area (Å²) in [6, 6.07) is 21.0. The van der Waals surface area contributed by atoms with Crippen LogP contribution in [0.25, 0.3) is 5.82 Å². The van der Waals surface area contributed by atoms with Crippen LogP contribution >= 0.6 is 12.2 Å². The first-order chi connectivity index (χ1) is 17.6. The molecule has 8 nitrogen and oxygen atoms in total. The van der Waals surface area contributed by atoms with Crippen LogP contribution in [0.4, 0.5) is 11.4 Å². The molecule has 9 heteroatoms. The highest BCUT2D eigenvalue weighted by Gasteiger charge is 2.42. The zero-order chi connectivity index (χ0) is 25.1. The lowest BCUT2D eigenvalue weighted by Gasteiger charge is -2.29. The molecule has 4 aromatic rings. The Labute approximate surface area is 215 Å². The summed E-state index contributed by atoms with van der Waals surface area (Å²) in [5.41, 5.74) is 3.32. The Morgan fingerprint density at radius 2 is 1.89 bits per heavy atom. The Kier molecular flexibility index (Phi) is 6.64. The molecule has 5 rings (SSSR count). The highest BCUT2D eigenvalue weighted by atomic mass is 32.1. The molecule has 0 saturated carbocycles. The molecule has 36 heavy (non-hydrogen) atoms. The third-order valence-corrected chi connectivity index (χ3v) is 6.45. The zero-order valence-electron chi connectivity index (χ0n) is 20.0. The molecule has 1 aliphatic heterocycles. The molecule has 0 radical (unpaired) electrons. The van der Waals surface area contributed by atoms with Gasteiger partial charge in [0.15, 0.2) is 5.11 Å². The maximum absolute atomic E-state index is 12.0. The van der Waals surface area contributed by atoms with Gasteiger partial charge in [-0.25, -0.2) is 4.98 Å². The van der Waals surface area contributed by atoms with Gasteiger partial charge in [0.05, 0.1) is 24.5 Å². The van der Waals surface area contributed by atoms with Crippen molar-refractivity contribution in [3.05, 3.63) is 96.7 Å².